The molecule has 0 amide bonds. The van der Waals surface area contributed by atoms with Crippen molar-refractivity contribution in [2.24, 2.45) is 0 Å². The molecule has 0 aliphatic carbocycles. The number of aromatic carboxylic acids is 1. The van der Waals surface area contributed by atoms with Crippen LogP contribution in [0.5, 0.6) is 0 Å². The van der Waals surface area contributed by atoms with Crippen LogP contribution in [-0.2, 0) is 4.74 Å². The number of carboxylic acids is 1. The second kappa shape index (κ2) is 3.14. The summed E-state index contributed by atoms with van der Waals surface area (Å²) < 4.78 is 5.00. The minimum absolute atomic E-state index is 0.208. The van der Waals surface area contributed by atoms with Crippen LogP contribution in [0, 0.1) is 0 Å². The lowest BCUT2D eigenvalue weighted by molar-refractivity contribution is 0.00774. The van der Waals surface area contributed by atoms with Crippen molar-refractivity contribution in [3.63, 3.8) is 0 Å². The van der Waals surface area contributed by atoms with Gasteiger partial charge in [-0.15, -0.1) is 0 Å². The van der Waals surface area contributed by atoms with Gasteiger partial charge >= 0.3 is 5.97 Å². The highest BCUT2D eigenvalue weighted by Gasteiger charge is 2.25. The quantitative estimate of drug-likeness (QED) is 0.732. The SMILES string of the molecule is O=C(O)c1ccncc1C1COC1. The summed E-state index contributed by atoms with van der Waals surface area (Å²) >= 11 is 0. The number of carboxylic acid groups (broad SMARTS) is 1. The number of hydrogen-bond acceptors (Lipinski definition) is 3. The number of rotatable bonds is 2. The average Bonchev–Trinajstić information content (AvgIpc) is 2.02. The van der Waals surface area contributed by atoms with Crippen molar-refractivity contribution in [2.75, 3.05) is 13.2 Å². The van der Waals surface area contributed by atoms with Crippen molar-refractivity contribution in [3.05, 3.63) is 29.6 Å². The molecular weight excluding hydrogens is 170 g/mol. The number of carbonyl (C=O) groups is 1. The fraction of sp³-hybridized carbons (Fsp3) is 0.333. The van der Waals surface area contributed by atoms with E-state index in [9.17, 15) is 4.79 Å². The van der Waals surface area contributed by atoms with Gasteiger partial charge < -0.3 is 9.84 Å². The second-order valence-corrected chi connectivity index (χ2v) is 3.00. The molecule has 0 bridgehead atoms. The first-order valence-corrected chi connectivity index (χ1v) is 4.04. The summed E-state index contributed by atoms with van der Waals surface area (Å²) in [6.45, 7) is 1.21. The molecule has 4 nitrogen and oxygen atoms in total. The van der Waals surface area contributed by atoms with Gasteiger partial charge in [0.2, 0.25) is 0 Å². The molecule has 1 fully saturated rings. The molecule has 0 aromatic carbocycles. The maximum absolute atomic E-state index is 10.8. The van der Waals surface area contributed by atoms with Crippen LogP contribution >= 0.6 is 0 Å². The fourth-order valence-electron chi connectivity index (χ4n) is 1.34. The minimum atomic E-state index is -0.899. The molecule has 0 atom stereocenters. The Kier molecular flexibility index (Phi) is 1.98. The van der Waals surface area contributed by atoms with Crippen molar-refractivity contribution in [3.8, 4) is 0 Å². The number of nitrogens with zero attached hydrogens (tertiary/aromatic N) is 1. The summed E-state index contributed by atoms with van der Waals surface area (Å²) in [6.07, 6.45) is 3.10. The van der Waals surface area contributed by atoms with E-state index in [0.29, 0.717) is 18.8 Å². The zero-order valence-electron chi connectivity index (χ0n) is 6.93. The van der Waals surface area contributed by atoms with Gasteiger partial charge in [-0.2, -0.15) is 0 Å². The molecule has 1 saturated heterocycles. The maximum atomic E-state index is 10.8. The monoisotopic (exact) mass is 179 g/mol. The summed E-state index contributed by atoms with van der Waals surface area (Å²) in [4.78, 5) is 14.7. The van der Waals surface area contributed by atoms with Gasteiger partial charge in [-0.25, -0.2) is 4.79 Å². The van der Waals surface area contributed by atoms with Crippen LogP contribution in [0.2, 0.25) is 0 Å². The molecule has 0 radical (unpaired) electrons. The van der Waals surface area contributed by atoms with Gasteiger partial charge in [0.25, 0.3) is 0 Å². The van der Waals surface area contributed by atoms with E-state index >= 15 is 0 Å². The van der Waals surface area contributed by atoms with Crippen LogP contribution in [0.4, 0.5) is 0 Å². The largest absolute Gasteiger partial charge is 0.478 e. The van der Waals surface area contributed by atoms with E-state index in [2.05, 4.69) is 4.98 Å². The molecule has 1 aromatic heterocycles. The Morgan fingerprint density at radius 3 is 2.92 bits per heavy atom. The molecule has 4 heteroatoms. The highest BCUT2D eigenvalue weighted by atomic mass is 16.5. The molecule has 0 spiro atoms. The van der Waals surface area contributed by atoms with Gasteiger partial charge in [0.15, 0.2) is 0 Å². The molecule has 0 saturated carbocycles. The number of pyridine rings is 1. The first kappa shape index (κ1) is 8.19. The predicted octanol–water partition coefficient (Wildman–Crippen LogP) is 0.894. The number of aromatic nitrogens is 1. The Bertz CT molecular complexity index is 333. The van der Waals surface area contributed by atoms with Crippen LogP contribution in [0.15, 0.2) is 18.5 Å². The molecule has 0 unspecified atom stereocenters. The molecule has 2 rings (SSSR count). The van der Waals surface area contributed by atoms with Gasteiger partial charge in [-0.3, -0.25) is 4.98 Å². The van der Waals surface area contributed by atoms with Crippen LogP contribution in [0.3, 0.4) is 0 Å². The number of hydrogen-bond donors (Lipinski definition) is 1. The van der Waals surface area contributed by atoms with Gasteiger partial charge in [0.1, 0.15) is 0 Å². The molecule has 2 heterocycles. The topological polar surface area (TPSA) is 59.4 Å². The van der Waals surface area contributed by atoms with E-state index in [0.717, 1.165) is 5.56 Å². The second-order valence-electron chi connectivity index (χ2n) is 3.00. The van der Waals surface area contributed by atoms with Crippen molar-refractivity contribution >= 4 is 5.97 Å². The maximum Gasteiger partial charge on any atom is 0.336 e. The van der Waals surface area contributed by atoms with E-state index < -0.39 is 5.97 Å². The minimum Gasteiger partial charge on any atom is -0.478 e. The summed E-state index contributed by atoms with van der Waals surface area (Å²) in [5.41, 5.74) is 1.12. The van der Waals surface area contributed by atoms with E-state index in [1.54, 1.807) is 6.20 Å². The molecule has 1 aliphatic heterocycles. The van der Waals surface area contributed by atoms with Crippen molar-refractivity contribution in [1.29, 1.82) is 0 Å². The first-order valence-electron chi connectivity index (χ1n) is 4.04. The van der Waals surface area contributed by atoms with Gasteiger partial charge in [0.05, 0.1) is 18.8 Å². The zero-order chi connectivity index (χ0) is 9.26. The lowest BCUT2D eigenvalue weighted by atomic mass is 9.95. The highest BCUT2D eigenvalue weighted by molar-refractivity contribution is 5.89. The molecule has 68 valence electrons. The summed E-state index contributed by atoms with van der Waals surface area (Å²) in [6, 6.07) is 1.52. The van der Waals surface area contributed by atoms with E-state index in [4.69, 9.17) is 9.84 Å². The Labute approximate surface area is 75.2 Å². The Balaban J connectivity index is 2.36. The van der Waals surface area contributed by atoms with E-state index in [-0.39, 0.29) is 5.92 Å². The summed E-state index contributed by atoms with van der Waals surface area (Å²) in [5.74, 6) is -0.691. The van der Waals surface area contributed by atoms with Crippen molar-refractivity contribution < 1.29 is 14.6 Å². The lowest BCUT2D eigenvalue weighted by Gasteiger charge is -2.26. The molecule has 1 N–H and O–H groups in total. The third-order valence-corrected chi connectivity index (χ3v) is 2.16. The van der Waals surface area contributed by atoms with Crippen LogP contribution in [0.1, 0.15) is 21.8 Å². The van der Waals surface area contributed by atoms with Gasteiger partial charge in [-0.1, -0.05) is 0 Å². The van der Waals surface area contributed by atoms with Crippen molar-refractivity contribution in [1.82, 2.24) is 4.98 Å². The normalized spacial score (nSPS) is 16.6. The average molecular weight is 179 g/mol. The Morgan fingerprint density at radius 1 is 1.62 bits per heavy atom. The first-order chi connectivity index (χ1) is 6.29. The van der Waals surface area contributed by atoms with Crippen LogP contribution in [0.25, 0.3) is 0 Å². The van der Waals surface area contributed by atoms with Crippen LogP contribution in [-0.4, -0.2) is 29.3 Å². The molecular formula is C9H9NO3. The van der Waals surface area contributed by atoms with Crippen molar-refractivity contribution in [2.45, 2.75) is 5.92 Å². The lowest BCUT2D eigenvalue weighted by Crippen LogP contribution is -2.27. The van der Waals surface area contributed by atoms with E-state index in [1.807, 2.05) is 0 Å². The highest BCUT2D eigenvalue weighted by Crippen LogP contribution is 2.25. The summed E-state index contributed by atoms with van der Waals surface area (Å²) in [5, 5.41) is 8.87. The third-order valence-electron chi connectivity index (χ3n) is 2.16. The smallest absolute Gasteiger partial charge is 0.336 e. The van der Waals surface area contributed by atoms with Gasteiger partial charge in [0, 0.05) is 18.3 Å². The predicted molar refractivity (Wildman–Crippen MR) is 44.8 cm³/mol. The molecule has 1 aromatic rings. The van der Waals surface area contributed by atoms with E-state index in [1.165, 1.54) is 12.3 Å². The Hall–Kier alpha value is -1.42. The summed E-state index contributed by atoms with van der Waals surface area (Å²) in [7, 11) is 0. The van der Waals surface area contributed by atoms with Crippen LogP contribution < -0.4 is 0 Å². The van der Waals surface area contributed by atoms with Gasteiger partial charge in [-0.05, 0) is 11.6 Å². The standard InChI is InChI=1S/C9H9NO3/c11-9(12)7-1-2-10-3-8(7)6-4-13-5-6/h1-3,6H,4-5H2,(H,11,12). The number of ether oxygens (including phenoxy) is 1. The fourth-order valence-corrected chi connectivity index (χ4v) is 1.34. The molecule has 13 heavy (non-hydrogen) atoms. The zero-order valence-corrected chi connectivity index (χ0v) is 6.93. The Morgan fingerprint density at radius 2 is 2.38 bits per heavy atom. The third kappa shape index (κ3) is 1.40. The molecule has 1 aliphatic rings.